The summed E-state index contributed by atoms with van der Waals surface area (Å²) in [5, 5.41) is 8.81. The van der Waals surface area contributed by atoms with E-state index in [-0.39, 0.29) is 0 Å². The Hall–Kier alpha value is -2.41. The minimum absolute atomic E-state index is 0.299. The van der Waals surface area contributed by atoms with Crippen LogP contribution in [0.2, 0.25) is 0 Å². The van der Waals surface area contributed by atoms with Crippen LogP contribution in [0.25, 0.3) is 0 Å². The van der Waals surface area contributed by atoms with E-state index in [1.807, 2.05) is 6.07 Å². The van der Waals surface area contributed by atoms with Gasteiger partial charge in [0.05, 0.1) is 6.20 Å². The Morgan fingerprint density at radius 1 is 1.20 bits per heavy atom. The third kappa shape index (κ3) is 2.09. The molecule has 0 fully saturated rings. The van der Waals surface area contributed by atoms with Crippen LogP contribution in [0.4, 0.5) is 0 Å². The van der Waals surface area contributed by atoms with Crippen molar-refractivity contribution < 1.29 is 4.74 Å². The molecule has 2 aromatic heterocycles. The fraction of sp³-hybridized carbons (Fsp3) is 0. The van der Waals surface area contributed by atoms with E-state index in [4.69, 9.17) is 10.00 Å². The highest BCUT2D eigenvalue weighted by atomic mass is 16.5. The molecule has 2 aromatic rings. The Bertz CT molecular complexity index is 491. The first kappa shape index (κ1) is 9.16. The molecule has 0 spiro atoms. The number of rotatable bonds is 2. The molecule has 2 heterocycles. The lowest BCUT2D eigenvalue weighted by atomic mass is 10.3. The van der Waals surface area contributed by atoms with Crippen LogP contribution in [-0.2, 0) is 0 Å². The van der Waals surface area contributed by atoms with E-state index in [9.17, 15) is 0 Å². The van der Waals surface area contributed by atoms with E-state index in [1.54, 1.807) is 42.9 Å². The highest BCUT2D eigenvalue weighted by Gasteiger charge is 2.04. The summed E-state index contributed by atoms with van der Waals surface area (Å²) in [6.45, 7) is 0. The van der Waals surface area contributed by atoms with Gasteiger partial charge in [0.1, 0.15) is 17.4 Å². The molecule has 0 aromatic carbocycles. The predicted octanol–water partition coefficient (Wildman–Crippen LogP) is 2.14. The second kappa shape index (κ2) is 4.20. The molecule has 72 valence electrons. The Morgan fingerprint density at radius 3 is 2.80 bits per heavy atom. The van der Waals surface area contributed by atoms with Crippen LogP contribution >= 0.6 is 0 Å². The topological polar surface area (TPSA) is 58.8 Å². The quantitative estimate of drug-likeness (QED) is 0.740. The molecule has 0 amide bonds. The number of pyridine rings is 2. The van der Waals surface area contributed by atoms with Gasteiger partial charge in [0.25, 0.3) is 0 Å². The Kier molecular flexibility index (Phi) is 2.56. The third-order valence-electron chi connectivity index (χ3n) is 1.74. The summed E-state index contributed by atoms with van der Waals surface area (Å²) in [5.41, 5.74) is 0.404. The number of hydrogen-bond acceptors (Lipinski definition) is 4. The second-order valence-electron chi connectivity index (χ2n) is 2.76. The zero-order valence-electron chi connectivity index (χ0n) is 7.79. The van der Waals surface area contributed by atoms with Crippen molar-refractivity contribution in [1.82, 2.24) is 9.97 Å². The molecule has 15 heavy (non-hydrogen) atoms. The van der Waals surface area contributed by atoms with Crippen molar-refractivity contribution in [2.75, 3.05) is 0 Å². The van der Waals surface area contributed by atoms with E-state index in [0.717, 1.165) is 0 Å². The van der Waals surface area contributed by atoms with Gasteiger partial charge in [0.2, 0.25) is 5.88 Å². The van der Waals surface area contributed by atoms with Crippen LogP contribution in [0.1, 0.15) is 5.56 Å². The minimum atomic E-state index is 0.299. The average molecular weight is 197 g/mol. The summed E-state index contributed by atoms with van der Waals surface area (Å²) in [4.78, 5) is 7.87. The molecule has 2 rings (SSSR count). The fourth-order valence-electron chi connectivity index (χ4n) is 1.08. The van der Waals surface area contributed by atoms with E-state index in [2.05, 4.69) is 9.97 Å². The van der Waals surface area contributed by atoms with E-state index < -0.39 is 0 Å². The lowest BCUT2D eigenvalue weighted by Crippen LogP contribution is -1.91. The lowest BCUT2D eigenvalue weighted by Gasteiger charge is -2.04. The zero-order chi connectivity index (χ0) is 10.5. The lowest BCUT2D eigenvalue weighted by molar-refractivity contribution is 0.459. The average Bonchev–Trinajstić information content (AvgIpc) is 2.31. The van der Waals surface area contributed by atoms with Gasteiger partial charge < -0.3 is 4.74 Å². The summed E-state index contributed by atoms with van der Waals surface area (Å²) in [5.74, 6) is 0.862. The number of aromatic nitrogens is 2. The molecule has 0 radical (unpaired) electrons. The first-order valence-electron chi connectivity index (χ1n) is 4.33. The summed E-state index contributed by atoms with van der Waals surface area (Å²) >= 11 is 0. The maximum atomic E-state index is 8.81. The van der Waals surface area contributed by atoms with Gasteiger partial charge >= 0.3 is 0 Å². The van der Waals surface area contributed by atoms with Crippen LogP contribution in [0, 0.1) is 11.3 Å². The van der Waals surface area contributed by atoms with Crippen LogP contribution in [0.3, 0.4) is 0 Å². The standard InChI is InChI=1S/C11H7N3O/c12-7-9-3-1-6-14-11(9)15-10-4-2-5-13-8-10/h1-6,8H. The highest BCUT2D eigenvalue weighted by Crippen LogP contribution is 2.20. The largest absolute Gasteiger partial charge is 0.436 e. The van der Waals surface area contributed by atoms with Crippen molar-refractivity contribution in [2.45, 2.75) is 0 Å². The summed E-state index contributed by atoms with van der Waals surface area (Å²) < 4.78 is 5.40. The van der Waals surface area contributed by atoms with Crippen LogP contribution in [-0.4, -0.2) is 9.97 Å². The van der Waals surface area contributed by atoms with Crippen molar-refractivity contribution >= 4 is 0 Å². The Morgan fingerprint density at radius 2 is 2.07 bits per heavy atom. The van der Waals surface area contributed by atoms with Gasteiger partial charge in [0, 0.05) is 12.4 Å². The van der Waals surface area contributed by atoms with Gasteiger partial charge in [-0.05, 0) is 24.3 Å². The molecule has 0 unspecified atom stereocenters. The van der Waals surface area contributed by atoms with Crippen molar-refractivity contribution in [3.8, 4) is 17.7 Å². The predicted molar refractivity (Wildman–Crippen MR) is 53.3 cm³/mol. The number of nitrogens with zero attached hydrogens (tertiary/aromatic N) is 3. The Balaban J connectivity index is 2.29. The first-order chi connectivity index (χ1) is 7.40. The minimum Gasteiger partial charge on any atom is -0.436 e. The second-order valence-corrected chi connectivity index (χ2v) is 2.76. The van der Waals surface area contributed by atoms with Crippen molar-refractivity contribution in [1.29, 1.82) is 5.26 Å². The fourth-order valence-corrected chi connectivity index (χ4v) is 1.08. The zero-order valence-corrected chi connectivity index (χ0v) is 7.79. The maximum absolute atomic E-state index is 8.81. The van der Waals surface area contributed by atoms with E-state index in [1.165, 1.54) is 0 Å². The third-order valence-corrected chi connectivity index (χ3v) is 1.74. The number of ether oxygens (including phenoxy) is 1. The number of nitriles is 1. The molecule has 0 atom stereocenters. The van der Waals surface area contributed by atoms with Crippen LogP contribution < -0.4 is 4.74 Å². The molecule has 0 N–H and O–H groups in total. The van der Waals surface area contributed by atoms with Crippen LogP contribution in [0.5, 0.6) is 11.6 Å². The van der Waals surface area contributed by atoms with Gasteiger partial charge in [-0.2, -0.15) is 5.26 Å². The van der Waals surface area contributed by atoms with Gasteiger partial charge in [-0.1, -0.05) is 0 Å². The molecular weight excluding hydrogens is 190 g/mol. The molecule has 0 bridgehead atoms. The van der Waals surface area contributed by atoms with Crippen molar-refractivity contribution in [2.24, 2.45) is 0 Å². The molecule has 4 nitrogen and oxygen atoms in total. The molecule has 0 saturated carbocycles. The molecule has 0 aliphatic heterocycles. The smallest absolute Gasteiger partial charge is 0.237 e. The number of hydrogen-bond donors (Lipinski definition) is 0. The summed E-state index contributed by atoms with van der Waals surface area (Å²) in [6, 6.07) is 8.86. The first-order valence-corrected chi connectivity index (χ1v) is 4.33. The maximum Gasteiger partial charge on any atom is 0.237 e. The Labute approximate surface area is 86.8 Å². The van der Waals surface area contributed by atoms with Crippen LogP contribution in [0.15, 0.2) is 42.9 Å². The summed E-state index contributed by atoms with van der Waals surface area (Å²) in [7, 11) is 0. The van der Waals surface area contributed by atoms with Crippen molar-refractivity contribution in [3.05, 3.63) is 48.4 Å². The van der Waals surface area contributed by atoms with Gasteiger partial charge in [0.15, 0.2) is 0 Å². The molecule has 0 saturated heterocycles. The monoisotopic (exact) mass is 197 g/mol. The van der Waals surface area contributed by atoms with Gasteiger partial charge in [-0.3, -0.25) is 4.98 Å². The molecule has 0 aliphatic carbocycles. The van der Waals surface area contributed by atoms with E-state index >= 15 is 0 Å². The SMILES string of the molecule is N#Cc1cccnc1Oc1cccnc1. The van der Waals surface area contributed by atoms with Crippen molar-refractivity contribution in [3.63, 3.8) is 0 Å². The molecule has 0 aliphatic rings. The van der Waals surface area contributed by atoms with E-state index in [0.29, 0.717) is 17.2 Å². The normalized spacial score (nSPS) is 9.27. The van der Waals surface area contributed by atoms with Gasteiger partial charge in [-0.15, -0.1) is 0 Å². The summed E-state index contributed by atoms with van der Waals surface area (Å²) in [6.07, 6.45) is 4.79. The van der Waals surface area contributed by atoms with Gasteiger partial charge in [-0.25, -0.2) is 4.98 Å². The molecule has 4 heteroatoms. The molecular formula is C11H7N3O. The highest BCUT2D eigenvalue weighted by molar-refractivity contribution is 5.39.